The summed E-state index contributed by atoms with van der Waals surface area (Å²) in [7, 11) is 1.59. The lowest BCUT2D eigenvalue weighted by atomic mass is 10.1. The minimum Gasteiger partial charge on any atom is -0.493 e. The molecule has 0 amide bonds. The highest BCUT2D eigenvalue weighted by Crippen LogP contribution is 2.28. The quantitative estimate of drug-likeness (QED) is 0.694. The molecule has 5 nitrogen and oxygen atoms in total. The maximum absolute atomic E-state index is 12.9. The molecule has 146 valence electrons. The number of benzene rings is 2. The Bertz CT molecular complexity index is 1160. The van der Waals surface area contributed by atoms with Gasteiger partial charge in [0.05, 0.1) is 30.0 Å². The summed E-state index contributed by atoms with van der Waals surface area (Å²) >= 11 is 6.20. The zero-order valence-corrected chi connectivity index (χ0v) is 17.0. The maximum Gasteiger partial charge on any atom is 0.279 e. The predicted octanol–water partition coefficient (Wildman–Crippen LogP) is 3.16. The fourth-order valence-corrected chi connectivity index (χ4v) is 2.99. The summed E-state index contributed by atoms with van der Waals surface area (Å²) in [6.07, 6.45) is 2.69. The van der Waals surface area contributed by atoms with Crippen LogP contribution in [0.25, 0.3) is 18.3 Å². The van der Waals surface area contributed by atoms with Crippen molar-refractivity contribution in [1.82, 2.24) is 9.78 Å². The molecule has 0 fully saturated rings. The second-order valence-electron chi connectivity index (χ2n) is 6.48. The number of ether oxygens (including phenoxy) is 2. The fourth-order valence-electron chi connectivity index (χ4n) is 2.82. The molecule has 0 atom stereocenters. The number of H-pyrrole nitrogens is 1. The minimum absolute atomic E-state index is 0.199. The number of nitrogens with zero attached hydrogens (tertiary/aromatic N) is 1. The van der Waals surface area contributed by atoms with Gasteiger partial charge in [-0.25, -0.2) is 4.68 Å². The van der Waals surface area contributed by atoms with Crippen LogP contribution in [0, 0.1) is 6.92 Å². The third kappa shape index (κ3) is 3.99. The van der Waals surface area contributed by atoms with Crippen molar-refractivity contribution in [2.45, 2.75) is 20.3 Å². The van der Waals surface area contributed by atoms with Crippen LogP contribution in [0.3, 0.4) is 0 Å². The Balaban J connectivity index is 2.06. The van der Waals surface area contributed by atoms with E-state index in [1.807, 2.05) is 44.2 Å². The maximum atomic E-state index is 12.9. The van der Waals surface area contributed by atoms with E-state index < -0.39 is 0 Å². The van der Waals surface area contributed by atoms with Crippen LogP contribution >= 0.6 is 11.6 Å². The minimum atomic E-state index is -0.199. The van der Waals surface area contributed by atoms with E-state index >= 15 is 0 Å². The number of aromatic amines is 1. The number of hydrogen-bond donors (Lipinski definition) is 1. The van der Waals surface area contributed by atoms with Crippen LogP contribution in [0.15, 0.2) is 41.2 Å². The van der Waals surface area contributed by atoms with E-state index in [-0.39, 0.29) is 5.56 Å². The van der Waals surface area contributed by atoms with E-state index in [0.717, 1.165) is 17.5 Å². The first-order valence-corrected chi connectivity index (χ1v) is 9.41. The molecule has 1 aromatic heterocycles. The Morgan fingerprint density at radius 3 is 2.68 bits per heavy atom. The van der Waals surface area contributed by atoms with Crippen molar-refractivity contribution in [3.05, 3.63) is 73.5 Å². The van der Waals surface area contributed by atoms with Gasteiger partial charge in [0.25, 0.3) is 5.56 Å². The first-order chi connectivity index (χ1) is 13.4. The standard InChI is InChI=1S/C22H23ClN2O3/c1-5-10-28-20-9-7-16(12-21(20)27-4)11-18-15(3)24-25(22(18)26)17-8-6-14(2)19(23)13-17/h6-9,11-13,24H,3,5,10H2,1-2,4H3/b18-11-. The molecule has 0 saturated carbocycles. The van der Waals surface area contributed by atoms with Crippen LogP contribution in [0.4, 0.5) is 0 Å². The highest BCUT2D eigenvalue weighted by molar-refractivity contribution is 6.31. The number of aryl methyl sites for hydroxylation is 1. The average Bonchev–Trinajstić information content (AvgIpc) is 2.97. The van der Waals surface area contributed by atoms with Crippen LogP contribution in [0.2, 0.25) is 5.02 Å². The van der Waals surface area contributed by atoms with Crippen molar-refractivity contribution in [3.8, 4) is 17.2 Å². The van der Waals surface area contributed by atoms with Gasteiger partial charge in [-0.15, -0.1) is 0 Å². The van der Waals surface area contributed by atoms with Crippen LogP contribution in [-0.2, 0) is 0 Å². The molecule has 0 bridgehead atoms. The molecule has 0 saturated heterocycles. The number of nitrogens with one attached hydrogen (secondary N) is 1. The molecule has 0 aliphatic carbocycles. The molecule has 0 radical (unpaired) electrons. The van der Waals surface area contributed by atoms with Crippen molar-refractivity contribution < 1.29 is 9.47 Å². The van der Waals surface area contributed by atoms with Gasteiger partial charge >= 0.3 is 0 Å². The second kappa shape index (κ2) is 8.40. The Morgan fingerprint density at radius 1 is 1.21 bits per heavy atom. The number of aromatic nitrogens is 2. The SMILES string of the molecule is C=c1[nH]n(-c2ccc(C)c(Cl)c2)c(=O)/c1=C\c1ccc(OCCC)c(OC)c1. The smallest absolute Gasteiger partial charge is 0.279 e. The van der Waals surface area contributed by atoms with E-state index in [9.17, 15) is 4.79 Å². The van der Waals surface area contributed by atoms with Crippen LogP contribution in [0.1, 0.15) is 24.5 Å². The molecule has 3 rings (SSSR count). The van der Waals surface area contributed by atoms with E-state index in [2.05, 4.69) is 11.7 Å². The Kier molecular flexibility index (Phi) is 5.95. The molecule has 0 spiro atoms. The molecule has 28 heavy (non-hydrogen) atoms. The number of halogens is 1. The molecule has 1 heterocycles. The van der Waals surface area contributed by atoms with Crippen molar-refractivity contribution in [3.63, 3.8) is 0 Å². The summed E-state index contributed by atoms with van der Waals surface area (Å²) in [5.41, 5.74) is 2.22. The zero-order valence-electron chi connectivity index (χ0n) is 16.2. The van der Waals surface area contributed by atoms with Crippen molar-refractivity contribution in [1.29, 1.82) is 0 Å². The summed E-state index contributed by atoms with van der Waals surface area (Å²) in [4.78, 5) is 12.9. The Morgan fingerprint density at radius 2 is 2.00 bits per heavy atom. The summed E-state index contributed by atoms with van der Waals surface area (Å²) in [5, 5.41) is 4.60. The van der Waals surface area contributed by atoms with E-state index in [1.54, 1.807) is 19.3 Å². The highest BCUT2D eigenvalue weighted by Gasteiger charge is 2.08. The third-order valence-electron chi connectivity index (χ3n) is 4.38. The summed E-state index contributed by atoms with van der Waals surface area (Å²) in [5.74, 6) is 1.30. The summed E-state index contributed by atoms with van der Waals surface area (Å²) < 4.78 is 12.5. The van der Waals surface area contributed by atoms with E-state index in [1.165, 1.54) is 4.68 Å². The molecule has 2 aromatic carbocycles. The van der Waals surface area contributed by atoms with Gasteiger partial charge in [-0.1, -0.05) is 37.2 Å². The molecule has 0 aliphatic rings. The van der Waals surface area contributed by atoms with Crippen LogP contribution in [0.5, 0.6) is 11.5 Å². The molecular weight excluding hydrogens is 376 g/mol. The molecule has 0 unspecified atom stereocenters. The van der Waals surface area contributed by atoms with Crippen molar-refractivity contribution in [2.24, 2.45) is 0 Å². The topological polar surface area (TPSA) is 56.2 Å². The second-order valence-corrected chi connectivity index (χ2v) is 6.89. The van der Waals surface area contributed by atoms with Gasteiger partial charge in [0.15, 0.2) is 11.5 Å². The lowest BCUT2D eigenvalue weighted by Gasteiger charge is -2.10. The molecule has 1 N–H and O–H groups in total. The van der Waals surface area contributed by atoms with Gasteiger partial charge in [-0.2, -0.15) is 0 Å². The lowest BCUT2D eigenvalue weighted by Crippen LogP contribution is -2.33. The average molecular weight is 399 g/mol. The van der Waals surface area contributed by atoms with Crippen LogP contribution in [-0.4, -0.2) is 23.5 Å². The third-order valence-corrected chi connectivity index (χ3v) is 4.79. The lowest BCUT2D eigenvalue weighted by molar-refractivity contribution is 0.294. The molecule has 3 aromatic rings. The zero-order chi connectivity index (χ0) is 20.3. The van der Waals surface area contributed by atoms with Gasteiger partial charge in [0.1, 0.15) is 0 Å². The highest BCUT2D eigenvalue weighted by atomic mass is 35.5. The summed E-state index contributed by atoms with van der Waals surface area (Å²) in [6.45, 7) is 8.54. The number of methoxy groups -OCH3 is 1. The number of rotatable bonds is 6. The predicted molar refractivity (Wildman–Crippen MR) is 113 cm³/mol. The normalized spacial score (nSPS) is 11.6. The molecular formula is C22H23ClN2O3. The largest absolute Gasteiger partial charge is 0.493 e. The van der Waals surface area contributed by atoms with Gasteiger partial charge in [0, 0.05) is 5.02 Å². The monoisotopic (exact) mass is 398 g/mol. The van der Waals surface area contributed by atoms with E-state index in [4.69, 9.17) is 21.1 Å². The molecule has 0 aliphatic heterocycles. The number of hydrogen-bond acceptors (Lipinski definition) is 3. The first-order valence-electron chi connectivity index (χ1n) is 9.03. The van der Waals surface area contributed by atoms with Gasteiger partial charge in [-0.3, -0.25) is 9.89 Å². The Hall–Kier alpha value is -2.92. The summed E-state index contributed by atoms with van der Waals surface area (Å²) in [6, 6.07) is 11.0. The van der Waals surface area contributed by atoms with Gasteiger partial charge in [0.2, 0.25) is 0 Å². The Labute approximate surface area is 168 Å². The van der Waals surface area contributed by atoms with E-state index in [0.29, 0.717) is 39.4 Å². The van der Waals surface area contributed by atoms with Gasteiger partial charge in [-0.05, 0) is 54.8 Å². The molecule has 6 heteroatoms. The van der Waals surface area contributed by atoms with Gasteiger partial charge < -0.3 is 9.47 Å². The fraction of sp³-hybridized carbons (Fsp3) is 0.227. The van der Waals surface area contributed by atoms with Crippen LogP contribution < -0.4 is 25.6 Å². The van der Waals surface area contributed by atoms with Crippen molar-refractivity contribution >= 4 is 24.3 Å². The first kappa shape index (κ1) is 19.8. The van der Waals surface area contributed by atoms with Crippen molar-refractivity contribution in [2.75, 3.05) is 13.7 Å².